The Morgan fingerprint density at radius 1 is 1.17 bits per heavy atom. The number of hydrogen-bond acceptors (Lipinski definition) is 7. The predicted molar refractivity (Wildman–Crippen MR) is 135 cm³/mol. The number of ether oxygens (including phenoxy) is 1. The summed E-state index contributed by atoms with van der Waals surface area (Å²) < 4.78 is 6.58. The molecule has 1 N–H and O–H groups in total. The lowest BCUT2D eigenvalue weighted by Crippen LogP contribution is -2.28. The van der Waals surface area contributed by atoms with Gasteiger partial charge in [-0.25, -0.2) is 9.48 Å². The Balaban J connectivity index is 1.49. The van der Waals surface area contributed by atoms with Crippen LogP contribution in [0.2, 0.25) is 0 Å². The van der Waals surface area contributed by atoms with Crippen molar-refractivity contribution in [1.82, 2.24) is 9.78 Å². The number of aromatic nitrogens is 2. The second-order valence-corrected chi connectivity index (χ2v) is 9.74. The smallest absolute Gasteiger partial charge is 0.359 e. The van der Waals surface area contributed by atoms with Gasteiger partial charge in [-0.3, -0.25) is 9.59 Å². The number of anilines is 1. The maximum absolute atomic E-state index is 12.9. The van der Waals surface area contributed by atoms with E-state index in [1.54, 1.807) is 24.3 Å². The highest BCUT2D eigenvalue weighted by molar-refractivity contribution is 7.16. The Kier molecular flexibility index (Phi) is 7.93. The third kappa shape index (κ3) is 5.43. The molecule has 0 radical (unpaired) electrons. The molecule has 0 spiro atoms. The van der Waals surface area contributed by atoms with Crippen LogP contribution in [0.3, 0.4) is 0 Å². The molecule has 0 saturated heterocycles. The van der Waals surface area contributed by atoms with Crippen LogP contribution in [0.15, 0.2) is 29.1 Å². The molecule has 1 aliphatic rings. The van der Waals surface area contributed by atoms with Gasteiger partial charge in [0.15, 0.2) is 12.3 Å². The molecule has 3 aromatic rings. The number of esters is 1. The van der Waals surface area contributed by atoms with Gasteiger partial charge in [0.2, 0.25) is 0 Å². The van der Waals surface area contributed by atoms with Gasteiger partial charge in [-0.1, -0.05) is 44.4 Å². The van der Waals surface area contributed by atoms with Crippen LogP contribution in [0.5, 0.6) is 0 Å². The van der Waals surface area contributed by atoms with Crippen molar-refractivity contribution in [1.29, 1.82) is 5.26 Å². The van der Waals surface area contributed by atoms with E-state index in [0.29, 0.717) is 27.9 Å². The van der Waals surface area contributed by atoms with Crippen LogP contribution in [0.1, 0.15) is 71.9 Å². The second kappa shape index (κ2) is 11.3. The summed E-state index contributed by atoms with van der Waals surface area (Å²) in [4.78, 5) is 39.4. The third-order valence-corrected chi connectivity index (χ3v) is 7.36. The summed E-state index contributed by atoms with van der Waals surface area (Å²) in [5.74, 6) is -1.30. The van der Waals surface area contributed by atoms with Crippen LogP contribution in [0.4, 0.5) is 5.00 Å². The third-order valence-electron chi connectivity index (χ3n) is 6.15. The van der Waals surface area contributed by atoms with E-state index in [1.165, 1.54) is 16.0 Å². The minimum atomic E-state index is -0.775. The molecule has 2 heterocycles. The van der Waals surface area contributed by atoms with Crippen molar-refractivity contribution >= 4 is 39.0 Å². The number of nitrogens with one attached hydrogen (secondary N) is 1. The molecule has 0 fully saturated rings. The molecule has 1 amide bonds. The molecule has 0 unspecified atom stereocenters. The normalized spacial score (nSPS) is 13.0. The zero-order valence-electron chi connectivity index (χ0n) is 19.8. The van der Waals surface area contributed by atoms with Gasteiger partial charge in [-0.05, 0) is 43.7 Å². The highest BCUT2D eigenvalue weighted by Crippen LogP contribution is 2.36. The number of unbranched alkanes of at least 4 members (excludes halogenated alkanes) is 2. The lowest BCUT2D eigenvalue weighted by molar-refractivity contribution is -0.119. The second-order valence-electron chi connectivity index (χ2n) is 8.63. The van der Waals surface area contributed by atoms with Gasteiger partial charge < -0.3 is 10.1 Å². The first-order valence-corrected chi connectivity index (χ1v) is 12.9. The minimum absolute atomic E-state index is 0.00468. The van der Waals surface area contributed by atoms with E-state index in [4.69, 9.17) is 4.74 Å². The van der Waals surface area contributed by atoms with Crippen LogP contribution in [-0.2, 0) is 28.9 Å². The largest absolute Gasteiger partial charge is 0.451 e. The van der Waals surface area contributed by atoms with E-state index in [-0.39, 0.29) is 11.3 Å². The van der Waals surface area contributed by atoms with Gasteiger partial charge in [-0.15, -0.1) is 11.3 Å². The Labute approximate surface area is 207 Å². The highest BCUT2D eigenvalue weighted by Gasteiger charge is 2.22. The van der Waals surface area contributed by atoms with E-state index in [9.17, 15) is 19.6 Å². The predicted octanol–water partition coefficient (Wildman–Crippen LogP) is 4.58. The number of benzene rings is 1. The molecule has 35 heavy (non-hydrogen) atoms. The molecule has 4 rings (SSSR count). The number of hydrogen-bond donors (Lipinski definition) is 1. The van der Waals surface area contributed by atoms with Crippen LogP contribution in [0, 0.1) is 11.3 Å². The lowest BCUT2D eigenvalue weighted by atomic mass is 10.1. The number of nitriles is 1. The molecular weight excluding hydrogens is 464 g/mol. The fourth-order valence-corrected chi connectivity index (χ4v) is 5.62. The monoisotopic (exact) mass is 492 g/mol. The van der Waals surface area contributed by atoms with Crippen molar-refractivity contribution in [2.24, 2.45) is 0 Å². The van der Waals surface area contributed by atoms with Crippen LogP contribution >= 0.6 is 11.3 Å². The van der Waals surface area contributed by atoms with Crippen molar-refractivity contribution in [2.45, 2.75) is 64.8 Å². The molecule has 0 bridgehead atoms. The van der Waals surface area contributed by atoms with Gasteiger partial charge in [0.25, 0.3) is 11.5 Å². The van der Waals surface area contributed by atoms with Gasteiger partial charge in [0.1, 0.15) is 11.1 Å². The van der Waals surface area contributed by atoms with Crippen LogP contribution in [-0.4, -0.2) is 28.3 Å². The average molecular weight is 493 g/mol. The Morgan fingerprint density at radius 3 is 2.71 bits per heavy atom. The minimum Gasteiger partial charge on any atom is -0.451 e. The standard InChI is InChI=1S/C26H28N4O4S/c1-2-3-9-14-30-25(32)19-12-8-7-11-18(19)23(29-30)26(33)34-16-22(31)28-24-20(15-27)17-10-5-4-6-13-21(17)35-24/h7-8,11-12H,2-6,9-10,13-14,16H2,1H3,(H,28,31). The Hall–Kier alpha value is -3.51. The summed E-state index contributed by atoms with van der Waals surface area (Å²) in [7, 11) is 0. The van der Waals surface area contributed by atoms with Crippen molar-refractivity contribution in [2.75, 3.05) is 11.9 Å². The number of amides is 1. The molecule has 8 nitrogen and oxygen atoms in total. The first-order valence-electron chi connectivity index (χ1n) is 12.0. The SMILES string of the molecule is CCCCCn1nc(C(=O)OCC(=O)Nc2sc3c(c2C#N)CCCCC3)c2ccccc2c1=O. The zero-order chi connectivity index (χ0) is 24.8. The summed E-state index contributed by atoms with van der Waals surface area (Å²) >= 11 is 1.43. The Morgan fingerprint density at radius 2 is 1.94 bits per heavy atom. The Bertz CT molecular complexity index is 1350. The van der Waals surface area contributed by atoms with E-state index < -0.39 is 18.5 Å². The molecular formula is C26H28N4O4S. The molecule has 2 aromatic heterocycles. The highest BCUT2D eigenvalue weighted by atomic mass is 32.1. The molecule has 0 aliphatic heterocycles. The first-order chi connectivity index (χ1) is 17.0. The summed E-state index contributed by atoms with van der Waals surface area (Å²) in [6, 6.07) is 8.98. The fourth-order valence-electron chi connectivity index (χ4n) is 4.36. The van der Waals surface area contributed by atoms with Crippen molar-refractivity contribution in [3.63, 3.8) is 0 Å². The number of carbonyl (C=O) groups excluding carboxylic acids is 2. The van der Waals surface area contributed by atoms with Crippen molar-refractivity contribution in [3.05, 3.63) is 56.3 Å². The molecule has 0 atom stereocenters. The number of fused-ring (bicyclic) bond motifs is 2. The maximum Gasteiger partial charge on any atom is 0.359 e. The molecule has 0 saturated carbocycles. The summed E-state index contributed by atoms with van der Waals surface area (Å²) in [5.41, 5.74) is 1.29. The summed E-state index contributed by atoms with van der Waals surface area (Å²) in [5, 5.41) is 17.9. The molecule has 1 aliphatic carbocycles. The zero-order valence-corrected chi connectivity index (χ0v) is 20.6. The average Bonchev–Trinajstić information content (AvgIpc) is 3.02. The molecule has 1 aromatic carbocycles. The summed E-state index contributed by atoms with van der Waals surface area (Å²) in [6.07, 6.45) is 7.70. The molecule has 9 heteroatoms. The molecule has 182 valence electrons. The van der Waals surface area contributed by atoms with Crippen LogP contribution < -0.4 is 10.9 Å². The number of nitrogens with zero attached hydrogens (tertiary/aromatic N) is 3. The van der Waals surface area contributed by atoms with Gasteiger partial charge in [0, 0.05) is 16.8 Å². The first kappa shape index (κ1) is 24.6. The quantitative estimate of drug-likeness (QED) is 0.280. The lowest BCUT2D eigenvalue weighted by Gasteiger charge is -2.11. The fraction of sp³-hybridized carbons (Fsp3) is 0.423. The van der Waals surface area contributed by atoms with E-state index >= 15 is 0 Å². The van der Waals surface area contributed by atoms with E-state index in [2.05, 4.69) is 23.4 Å². The number of carbonyl (C=O) groups is 2. The van der Waals surface area contributed by atoms with Crippen LogP contribution in [0.25, 0.3) is 10.8 Å². The number of thiophene rings is 1. The van der Waals surface area contributed by atoms with E-state index in [1.807, 2.05) is 0 Å². The number of aryl methyl sites for hydroxylation is 2. The van der Waals surface area contributed by atoms with Gasteiger partial charge in [-0.2, -0.15) is 10.4 Å². The van der Waals surface area contributed by atoms with Gasteiger partial charge >= 0.3 is 5.97 Å². The van der Waals surface area contributed by atoms with Gasteiger partial charge in [0.05, 0.1) is 10.9 Å². The number of rotatable bonds is 8. The van der Waals surface area contributed by atoms with Crippen molar-refractivity contribution in [3.8, 4) is 6.07 Å². The topological polar surface area (TPSA) is 114 Å². The summed E-state index contributed by atoms with van der Waals surface area (Å²) in [6.45, 7) is 1.95. The van der Waals surface area contributed by atoms with Crippen molar-refractivity contribution < 1.29 is 14.3 Å². The maximum atomic E-state index is 12.9. The van der Waals surface area contributed by atoms with E-state index in [0.717, 1.165) is 61.8 Å².